The number of aromatic carboxylic acids is 1. The molecule has 0 saturated carbocycles. The van der Waals surface area contributed by atoms with E-state index >= 15 is 0 Å². The SMILES string of the molecule is COc1ccc(-c2cc(C(=O)O)c(C)cc2C)c(OC)c1. The van der Waals surface area contributed by atoms with Crippen LogP contribution < -0.4 is 9.47 Å². The van der Waals surface area contributed by atoms with Crippen molar-refractivity contribution in [1.82, 2.24) is 0 Å². The Kier molecular flexibility index (Phi) is 4.17. The second-order valence-corrected chi connectivity index (χ2v) is 4.85. The number of rotatable bonds is 4. The second-order valence-electron chi connectivity index (χ2n) is 4.85. The van der Waals surface area contributed by atoms with Gasteiger partial charge in [-0.25, -0.2) is 4.79 Å². The summed E-state index contributed by atoms with van der Waals surface area (Å²) in [4.78, 5) is 11.3. The molecular weight excluding hydrogens is 268 g/mol. The van der Waals surface area contributed by atoms with Crippen LogP contribution in [-0.2, 0) is 0 Å². The van der Waals surface area contributed by atoms with Gasteiger partial charge in [0.05, 0.1) is 19.8 Å². The minimum atomic E-state index is -0.929. The molecule has 0 spiro atoms. The molecule has 0 unspecified atom stereocenters. The number of carbonyl (C=O) groups is 1. The Morgan fingerprint density at radius 3 is 2.24 bits per heavy atom. The molecule has 0 aliphatic carbocycles. The monoisotopic (exact) mass is 286 g/mol. The molecule has 2 rings (SSSR count). The van der Waals surface area contributed by atoms with Crippen molar-refractivity contribution in [3.05, 3.63) is 47.0 Å². The van der Waals surface area contributed by atoms with Crippen LogP contribution in [0.5, 0.6) is 11.5 Å². The summed E-state index contributed by atoms with van der Waals surface area (Å²) in [5.74, 6) is 0.415. The molecule has 0 fully saturated rings. The number of carboxylic acid groups (broad SMARTS) is 1. The Morgan fingerprint density at radius 2 is 1.67 bits per heavy atom. The first-order chi connectivity index (χ1) is 9.97. The lowest BCUT2D eigenvalue weighted by Crippen LogP contribution is -2.02. The molecule has 4 nitrogen and oxygen atoms in total. The van der Waals surface area contributed by atoms with Crippen molar-refractivity contribution in [2.24, 2.45) is 0 Å². The van der Waals surface area contributed by atoms with E-state index < -0.39 is 5.97 Å². The Balaban J connectivity index is 2.66. The number of aryl methyl sites for hydroxylation is 2. The average molecular weight is 286 g/mol. The van der Waals surface area contributed by atoms with Gasteiger partial charge < -0.3 is 14.6 Å². The van der Waals surface area contributed by atoms with Crippen LogP contribution in [0.2, 0.25) is 0 Å². The Morgan fingerprint density at radius 1 is 0.952 bits per heavy atom. The summed E-state index contributed by atoms with van der Waals surface area (Å²) in [6, 6.07) is 9.06. The number of hydrogen-bond donors (Lipinski definition) is 1. The molecule has 0 atom stereocenters. The van der Waals surface area contributed by atoms with Crippen LogP contribution in [-0.4, -0.2) is 25.3 Å². The van der Waals surface area contributed by atoms with Gasteiger partial charge in [0.25, 0.3) is 0 Å². The lowest BCUT2D eigenvalue weighted by atomic mass is 9.94. The largest absolute Gasteiger partial charge is 0.497 e. The van der Waals surface area contributed by atoms with E-state index in [4.69, 9.17) is 9.47 Å². The normalized spacial score (nSPS) is 10.3. The molecule has 110 valence electrons. The van der Waals surface area contributed by atoms with Crippen LogP contribution in [0.15, 0.2) is 30.3 Å². The van der Waals surface area contributed by atoms with Crippen molar-refractivity contribution in [1.29, 1.82) is 0 Å². The van der Waals surface area contributed by atoms with Gasteiger partial charge in [0.1, 0.15) is 11.5 Å². The molecule has 0 heterocycles. The molecule has 4 heteroatoms. The summed E-state index contributed by atoms with van der Waals surface area (Å²) in [5.41, 5.74) is 3.74. The highest BCUT2D eigenvalue weighted by atomic mass is 16.5. The maximum atomic E-state index is 11.3. The van der Waals surface area contributed by atoms with Crippen molar-refractivity contribution >= 4 is 5.97 Å². The van der Waals surface area contributed by atoms with Crippen molar-refractivity contribution in [2.45, 2.75) is 13.8 Å². The van der Waals surface area contributed by atoms with E-state index in [1.165, 1.54) is 0 Å². The molecule has 0 amide bonds. The van der Waals surface area contributed by atoms with Gasteiger partial charge in [-0.3, -0.25) is 0 Å². The molecule has 0 radical (unpaired) electrons. The van der Waals surface area contributed by atoms with Crippen LogP contribution >= 0.6 is 0 Å². The summed E-state index contributed by atoms with van der Waals surface area (Å²) >= 11 is 0. The number of ether oxygens (including phenoxy) is 2. The Bertz CT molecular complexity index is 689. The number of hydrogen-bond acceptors (Lipinski definition) is 3. The van der Waals surface area contributed by atoms with Crippen LogP contribution in [0.25, 0.3) is 11.1 Å². The highest BCUT2D eigenvalue weighted by Crippen LogP contribution is 2.36. The maximum Gasteiger partial charge on any atom is 0.335 e. The summed E-state index contributed by atoms with van der Waals surface area (Å²) in [5, 5.41) is 9.29. The molecule has 0 aromatic heterocycles. The van der Waals surface area contributed by atoms with E-state index in [-0.39, 0.29) is 0 Å². The summed E-state index contributed by atoms with van der Waals surface area (Å²) in [7, 11) is 3.17. The first-order valence-corrected chi connectivity index (χ1v) is 6.55. The van der Waals surface area contributed by atoms with E-state index in [1.807, 2.05) is 25.1 Å². The molecule has 0 saturated heterocycles. The van der Waals surface area contributed by atoms with Gasteiger partial charge in [-0.2, -0.15) is 0 Å². The molecule has 2 aromatic rings. The van der Waals surface area contributed by atoms with Crippen LogP contribution in [0.1, 0.15) is 21.5 Å². The topological polar surface area (TPSA) is 55.8 Å². The fourth-order valence-electron chi connectivity index (χ4n) is 2.39. The van der Waals surface area contributed by atoms with Crippen LogP contribution in [0, 0.1) is 13.8 Å². The molecule has 21 heavy (non-hydrogen) atoms. The third-order valence-corrected chi connectivity index (χ3v) is 3.50. The fourth-order valence-corrected chi connectivity index (χ4v) is 2.39. The summed E-state index contributed by atoms with van der Waals surface area (Å²) < 4.78 is 10.6. The van der Waals surface area contributed by atoms with Gasteiger partial charge in [0, 0.05) is 11.6 Å². The summed E-state index contributed by atoms with van der Waals surface area (Å²) in [6.07, 6.45) is 0. The van der Waals surface area contributed by atoms with E-state index in [2.05, 4.69) is 0 Å². The number of benzene rings is 2. The van der Waals surface area contributed by atoms with Gasteiger partial charge in [0.2, 0.25) is 0 Å². The third kappa shape index (κ3) is 2.84. The van der Waals surface area contributed by atoms with Crippen molar-refractivity contribution < 1.29 is 19.4 Å². The summed E-state index contributed by atoms with van der Waals surface area (Å²) in [6.45, 7) is 3.75. The highest BCUT2D eigenvalue weighted by Gasteiger charge is 2.15. The fraction of sp³-hybridized carbons (Fsp3) is 0.235. The van der Waals surface area contributed by atoms with Crippen LogP contribution in [0.3, 0.4) is 0 Å². The third-order valence-electron chi connectivity index (χ3n) is 3.50. The van der Waals surface area contributed by atoms with Gasteiger partial charge in [-0.05, 0) is 48.7 Å². The molecule has 0 aliphatic heterocycles. The van der Waals surface area contributed by atoms with Crippen molar-refractivity contribution in [3.8, 4) is 22.6 Å². The van der Waals surface area contributed by atoms with Gasteiger partial charge in [-0.1, -0.05) is 6.07 Å². The second kappa shape index (κ2) is 5.87. The minimum absolute atomic E-state index is 0.300. The molecular formula is C17H18O4. The van der Waals surface area contributed by atoms with Crippen LogP contribution in [0.4, 0.5) is 0 Å². The van der Waals surface area contributed by atoms with Crippen molar-refractivity contribution in [3.63, 3.8) is 0 Å². The van der Waals surface area contributed by atoms with Gasteiger partial charge >= 0.3 is 5.97 Å². The van der Waals surface area contributed by atoms with Gasteiger partial charge in [-0.15, -0.1) is 0 Å². The standard InChI is InChI=1S/C17H18O4/c1-10-7-11(2)15(17(18)19)9-14(10)13-6-5-12(20-3)8-16(13)21-4/h5-9H,1-4H3,(H,18,19). The lowest BCUT2D eigenvalue weighted by molar-refractivity contribution is 0.0696. The van der Waals surface area contributed by atoms with E-state index in [9.17, 15) is 9.90 Å². The zero-order valence-electron chi connectivity index (χ0n) is 12.6. The van der Waals surface area contributed by atoms with E-state index in [0.717, 1.165) is 22.3 Å². The molecule has 2 aromatic carbocycles. The maximum absolute atomic E-state index is 11.3. The number of carboxylic acids is 1. The molecule has 0 aliphatic rings. The zero-order chi connectivity index (χ0) is 15.6. The van der Waals surface area contributed by atoms with E-state index in [1.54, 1.807) is 33.3 Å². The van der Waals surface area contributed by atoms with Gasteiger partial charge in [0.15, 0.2) is 0 Å². The smallest absolute Gasteiger partial charge is 0.335 e. The lowest BCUT2D eigenvalue weighted by Gasteiger charge is -2.14. The van der Waals surface area contributed by atoms with E-state index in [0.29, 0.717) is 17.1 Å². The van der Waals surface area contributed by atoms with Crippen molar-refractivity contribution in [2.75, 3.05) is 14.2 Å². The Hall–Kier alpha value is -2.49. The molecule has 0 bridgehead atoms. The average Bonchev–Trinajstić information content (AvgIpc) is 2.46. The highest BCUT2D eigenvalue weighted by molar-refractivity contribution is 5.92. The Labute approximate surface area is 123 Å². The predicted molar refractivity (Wildman–Crippen MR) is 81.4 cm³/mol. The minimum Gasteiger partial charge on any atom is -0.497 e. The molecule has 1 N–H and O–H groups in total. The predicted octanol–water partition coefficient (Wildman–Crippen LogP) is 3.69. The quantitative estimate of drug-likeness (QED) is 0.931. The zero-order valence-corrected chi connectivity index (χ0v) is 12.6. The first kappa shape index (κ1) is 14.9. The first-order valence-electron chi connectivity index (χ1n) is 6.55. The number of methoxy groups -OCH3 is 2.